The van der Waals surface area contributed by atoms with Crippen molar-refractivity contribution in [3.63, 3.8) is 0 Å². The number of hydrogen-bond acceptors (Lipinski definition) is 7. The zero-order valence-electron chi connectivity index (χ0n) is 13.7. The van der Waals surface area contributed by atoms with Gasteiger partial charge < -0.3 is 10.1 Å². The highest BCUT2D eigenvalue weighted by Crippen LogP contribution is 2.25. The SMILES string of the molecule is O=C(COC(=O)/C(=C\c1cccs1)c1cccs1)N[C@@H]1CCS(=O)(=O)C1. The minimum absolute atomic E-state index is 0.0641. The van der Waals surface area contributed by atoms with E-state index < -0.39 is 34.4 Å². The van der Waals surface area contributed by atoms with Gasteiger partial charge in [0, 0.05) is 15.8 Å². The summed E-state index contributed by atoms with van der Waals surface area (Å²) in [6, 6.07) is 7.01. The summed E-state index contributed by atoms with van der Waals surface area (Å²) in [5, 5.41) is 6.37. The summed E-state index contributed by atoms with van der Waals surface area (Å²) in [4.78, 5) is 26.1. The van der Waals surface area contributed by atoms with E-state index in [0.717, 1.165) is 9.75 Å². The molecule has 2 aromatic rings. The minimum atomic E-state index is -3.07. The van der Waals surface area contributed by atoms with E-state index in [1.54, 1.807) is 6.08 Å². The van der Waals surface area contributed by atoms with Crippen LogP contribution in [0.2, 0.25) is 0 Å². The molecular formula is C17H17NO5S3. The summed E-state index contributed by atoms with van der Waals surface area (Å²) >= 11 is 2.91. The Balaban J connectivity index is 1.61. The van der Waals surface area contributed by atoms with Crippen LogP contribution in [0.15, 0.2) is 35.0 Å². The predicted molar refractivity (Wildman–Crippen MR) is 103 cm³/mol. The molecule has 1 aliphatic rings. The van der Waals surface area contributed by atoms with Crippen LogP contribution in [0.5, 0.6) is 0 Å². The molecule has 1 saturated heterocycles. The van der Waals surface area contributed by atoms with Crippen LogP contribution in [-0.2, 0) is 24.2 Å². The van der Waals surface area contributed by atoms with Crippen LogP contribution >= 0.6 is 22.7 Å². The van der Waals surface area contributed by atoms with Crippen molar-refractivity contribution in [1.82, 2.24) is 5.32 Å². The second-order valence-corrected chi connectivity index (χ2v) is 9.95. The largest absolute Gasteiger partial charge is 0.452 e. The highest BCUT2D eigenvalue weighted by molar-refractivity contribution is 7.91. The Hall–Kier alpha value is -1.97. The fraction of sp³-hybridized carbons (Fsp3) is 0.294. The van der Waals surface area contributed by atoms with Crippen LogP contribution < -0.4 is 5.32 Å². The van der Waals surface area contributed by atoms with Crippen molar-refractivity contribution < 1.29 is 22.7 Å². The molecule has 26 heavy (non-hydrogen) atoms. The maximum Gasteiger partial charge on any atom is 0.340 e. The molecule has 0 saturated carbocycles. The van der Waals surface area contributed by atoms with Gasteiger partial charge in [0.2, 0.25) is 0 Å². The molecule has 3 rings (SSSR count). The molecule has 138 valence electrons. The van der Waals surface area contributed by atoms with Crippen LogP contribution in [0.3, 0.4) is 0 Å². The number of amides is 1. The average Bonchev–Trinajstić information content (AvgIpc) is 3.32. The summed E-state index contributed by atoms with van der Waals surface area (Å²) in [7, 11) is -3.07. The second kappa shape index (κ2) is 8.15. The Morgan fingerprint density at radius 1 is 1.23 bits per heavy atom. The fourth-order valence-corrected chi connectivity index (χ4v) is 5.63. The molecule has 0 aliphatic carbocycles. The molecule has 0 spiro atoms. The molecule has 0 unspecified atom stereocenters. The Kier molecular flexibility index (Phi) is 5.90. The third-order valence-corrected chi connectivity index (χ3v) is 7.26. The average molecular weight is 412 g/mol. The first-order chi connectivity index (χ1) is 12.4. The molecule has 2 aromatic heterocycles. The smallest absolute Gasteiger partial charge is 0.340 e. The number of carbonyl (C=O) groups excluding carboxylic acids is 2. The molecule has 1 fully saturated rings. The van der Waals surface area contributed by atoms with E-state index in [0.29, 0.717) is 12.0 Å². The summed E-state index contributed by atoms with van der Waals surface area (Å²) in [6.07, 6.45) is 2.13. The van der Waals surface area contributed by atoms with Gasteiger partial charge in [0.25, 0.3) is 5.91 Å². The topological polar surface area (TPSA) is 89.5 Å². The van der Waals surface area contributed by atoms with Gasteiger partial charge in [-0.15, -0.1) is 22.7 Å². The van der Waals surface area contributed by atoms with E-state index in [9.17, 15) is 18.0 Å². The third kappa shape index (κ3) is 5.03. The number of nitrogens with one attached hydrogen (secondary N) is 1. The summed E-state index contributed by atoms with van der Waals surface area (Å²) in [5.41, 5.74) is 0.388. The summed E-state index contributed by atoms with van der Waals surface area (Å²) in [6.45, 7) is -0.442. The number of carbonyl (C=O) groups is 2. The monoisotopic (exact) mass is 411 g/mol. The van der Waals surface area contributed by atoms with E-state index in [-0.39, 0.29) is 11.5 Å². The first-order valence-corrected chi connectivity index (χ1v) is 11.5. The highest BCUT2D eigenvalue weighted by Gasteiger charge is 2.29. The van der Waals surface area contributed by atoms with Crippen molar-refractivity contribution in [2.75, 3.05) is 18.1 Å². The van der Waals surface area contributed by atoms with Crippen LogP contribution in [0.1, 0.15) is 16.2 Å². The molecule has 1 aliphatic heterocycles. The van der Waals surface area contributed by atoms with E-state index in [4.69, 9.17) is 4.74 Å². The van der Waals surface area contributed by atoms with Crippen molar-refractivity contribution in [3.05, 3.63) is 44.8 Å². The summed E-state index contributed by atoms with van der Waals surface area (Å²) in [5.74, 6) is -1.08. The van der Waals surface area contributed by atoms with Gasteiger partial charge in [-0.2, -0.15) is 0 Å². The Morgan fingerprint density at radius 3 is 2.62 bits per heavy atom. The van der Waals surface area contributed by atoms with Crippen molar-refractivity contribution in [3.8, 4) is 0 Å². The van der Waals surface area contributed by atoms with Gasteiger partial charge in [-0.25, -0.2) is 13.2 Å². The Labute approximate surface area is 159 Å². The number of esters is 1. The Morgan fingerprint density at radius 2 is 2.00 bits per heavy atom. The molecule has 0 aromatic carbocycles. The van der Waals surface area contributed by atoms with Gasteiger partial charge in [-0.1, -0.05) is 12.1 Å². The van der Waals surface area contributed by atoms with E-state index >= 15 is 0 Å². The number of ether oxygens (including phenoxy) is 1. The highest BCUT2D eigenvalue weighted by atomic mass is 32.2. The second-order valence-electron chi connectivity index (χ2n) is 5.79. The predicted octanol–water partition coefficient (Wildman–Crippen LogP) is 2.20. The molecule has 9 heteroatoms. The van der Waals surface area contributed by atoms with Crippen molar-refractivity contribution in [1.29, 1.82) is 0 Å². The van der Waals surface area contributed by atoms with E-state index in [1.807, 2.05) is 35.0 Å². The van der Waals surface area contributed by atoms with Crippen molar-refractivity contribution in [2.24, 2.45) is 0 Å². The van der Waals surface area contributed by atoms with Gasteiger partial charge in [0.1, 0.15) is 0 Å². The maximum absolute atomic E-state index is 12.5. The number of thiophene rings is 2. The molecule has 1 atom stereocenters. The van der Waals surface area contributed by atoms with Crippen LogP contribution in [0.25, 0.3) is 11.6 Å². The lowest BCUT2D eigenvalue weighted by molar-refractivity contribution is -0.143. The number of sulfone groups is 1. The lowest BCUT2D eigenvalue weighted by Gasteiger charge is -2.11. The van der Waals surface area contributed by atoms with Gasteiger partial charge in [0.15, 0.2) is 16.4 Å². The van der Waals surface area contributed by atoms with Crippen LogP contribution in [0.4, 0.5) is 0 Å². The lowest BCUT2D eigenvalue weighted by Crippen LogP contribution is -2.38. The van der Waals surface area contributed by atoms with Gasteiger partial charge in [-0.3, -0.25) is 4.79 Å². The zero-order chi connectivity index (χ0) is 18.6. The molecular weight excluding hydrogens is 394 g/mol. The lowest BCUT2D eigenvalue weighted by atomic mass is 10.2. The van der Waals surface area contributed by atoms with E-state index in [1.165, 1.54) is 22.7 Å². The maximum atomic E-state index is 12.5. The molecule has 3 heterocycles. The number of hydrogen-bond donors (Lipinski definition) is 1. The van der Waals surface area contributed by atoms with Gasteiger partial charge in [-0.05, 0) is 35.4 Å². The standard InChI is InChI=1S/C17H17NO5S3/c19-16(18-12-5-8-26(21,22)11-12)10-23-17(20)14(15-4-2-7-25-15)9-13-3-1-6-24-13/h1-4,6-7,9,12H,5,8,10-11H2,(H,18,19)/b14-9-/t12-/m1/s1. The Bertz CT molecular complexity index is 898. The van der Waals surface area contributed by atoms with Crippen molar-refractivity contribution >= 4 is 56.0 Å². The third-order valence-electron chi connectivity index (χ3n) is 3.77. The zero-order valence-corrected chi connectivity index (χ0v) is 16.2. The van der Waals surface area contributed by atoms with Gasteiger partial charge in [0.05, 0.1) is 17.1 Å². The quantitative estimate of drug-likeness (QED) is 0.581. The first kappa shape index (κ1) is 18.8. The molecule has 1 N–H and O–H groups in total. The number of rotatable bonds is 6. The molecule has 0 radical (unpaired) electrons. The fourth-order valence-electron chi connectivity index (χ4n) is 2.57. The summed E-state index contributed by atoms with van der Waals surface area (Å²) < 4.78 is 28.0. The normalized spacial score (nSPS) is 19.2. The molecule has 1 amide bonds. The van der Waals surface area contributed by atoms with Gasteiger partial charge >= 0.3 is 5.97 Å². The van der Waals surface area contributed by atoms with Crippen molar-refractivity contribution in [2.45, 2.75) is 12.5 Å². The van der Waals surface area contributed by atoms with Crippen LogP contribution in [-0.4, -0.2) is 44.4 Å². The minimum Gasteiger partial charge on any atom is -0.452 e. The molecule has 0 bridgehead atoms. The molecule has 6 nitrogen and oxygen atoms in total. The van der Waals surface area contributed by atoms with E-state index in [2.05, 4.69) is 5.32 Å². The first-order valence-electron chi connectivity index (χ1n) is 7.89. The van der Waals surface area contributed by atoms with Crippen LogP contribution in [0, 0.1) is 0 Å².